The molecule has 2 aromatic carbocycles. The zero-order chi connectivity index (χ0) is 22.8. The highest BCUT2D eigenvalue weighted by Crippen LogP contribution is 2.41. The lowest BCUT2D eigenvalue weighted by Gasteiger charge is -2.25. The van der Waals surface area contributed by atoms with Crippen LogP contribution in [0.4, 0.5) is 0 Å². The maximum absolute atomic E-state index is 13.4. The second-order valence-corrected chi connectivity index (χ2v) is 8.51. The van der Waals surface area contributed by atoms with Crippen LogP contribution >= 0.6 is 0 Å². The Morgan fingerprint density at radius 3 is 2.59 bits per heavy atom. The number of hydrogen-bond acceptors (Lipinski definition) is 5. The zero-order valence-corrected chi connectivity index (χ0v) is 19.0. The quantitative estimate of drug-likeness (QED) is 0.488. The summed E-state index contributed by atoms with van der Waals surface area (Å²) in [6, 6.07) is 12.1. The van der Waals surface area contributed by atoms with Crippen LogP contribution in [0.5, 0.6) is 11.5 Å². The second-order valence-electron chi connectivity index (χ2n) is 8.51. The van der Waals surface area contributed by atoms with Crippen LogP contribution in [0.2, 0.25) is 0 Å². The Morgan fingerprint density at radius 1 is 1.09 bits per heavy atom. The highest BCUT2D eigenvalue weighted by Gasteiger charge is 2.42. The lowest BCUT2D eigenvalue weighted by Crippen LogP contribution is -2.30. The fourth-order valence-electron chi connectivity index (χ4n) is 4.16. The number of rotatable bonds is 8. The Hall–Kier alpha value is -3.28. The molecule has 1 aromatic heterocycles. The molecule has 3 aromatic rings. The van der Waals surface area contributed by atoms with Crippen molar-refractivity contribution in [3.8, 4) is 11.5 Å². The van der Waals surface area contributed by atoms with Crippen molar-refractivity contribution in [2.24, 2.45) is 5.92 Å². The van der Waals surface area contributed by atoms with Gasteiger partial charge < -0.3 is 18.8 Å². The molecule has 6 heteroatoms. The first-order valence-electron chi connectivity index (χ1n) is 11.1. The normalized spacial score (nSPS) is 15.5. The number of hydrogen-bond donors (Lipinski definition) is 0. The van der Waals surface area contributed by atoms with Crippen LogP contribution in [0.3, 0.4) is 0 Å². The van der Waals surface area contributed by atoms with E-state index in [0.29, 0.717) is 47.1 Å². The van der Waals surface area contributed by atoms with Gasteiger partial charge in [0.2, 0.25) is 5.76 Å². The van der Waals surface area contributed by atoms with Crippen LogP contribution < -0.4 is 14.9 Å². The van der Waals surface area contributed by atoms with Gasteiger partial charge in [0.1, 0.15) is 5.58 Å². The summed E-state index contributed by atoms with van der Waals surface area (Å²) in [5, 5.41) is 0.475. The third-order valence-electron chi connectivity index (χ3n) is 5.79. The van der Waals surface area contributed by atoms with Crippen molar-refractivity contribution in [2.45, 2.75) is 39.7 Å². The van der Waals surface area contributed by atoms with E-state index in [1.165, 1.54) is 0 Å². The molecular formula is C26H29NO5. The van der Waals surface area contributed by atoms with Gasteiger partial charge in [0.15, 0.2) is 16.9 Å². The second kappa shape index (κ2) is 9.07. The van der Waals surface area contributed by atoms with Crippen molar-refractivity contribution < 1.29 is 18.7 Å². The first kappa shape index (κ1) is 21.9. The number of carbonyl (C=O) groups excluding carboxylic acids is 1. The minimum absolute atomic E-state index is 0.128. The molecule has 1 atom stereocenters. The van der Waals surface area contributed by atoms with Crippen molar-refractivity contribution in [2.75, 3.05) is 20.3 Å². The summed E-state index contributed by atoms with van der Waals surface area (Å²) < 4.78 is 17.4. The van der Waals surface area contributed by atoms with Crippen LogP contribution in [0.1, 0.15) is 61.3 Å². The Bertz CT molecular complexity index is 1200. The van der Waals surface area contributed by atoms with Gasteiger partial charge in [-0.2, -0.15) is 0 Å². The summed E-state index contributed by atoms with van der Waals surface area (Å²) >= 11 is 0. The standard InChI is InChI=1S/C26H29NO5/c1-5-13-27-23(17-10-11-20(21(15-17)30-4)31-14-12-16(2)3)22-24(28)18-8-6-7-9-19(18)32-25(22)26(27)29/h6-11,15-16,23H,5,12-14H2,1-4H3/t23-/m1/s1. The van der Waals surface area contributed by atoms with Crippen molar-refractivity contribution in [1.82, 2.24) is 4.90 Å². The van der Waals surface area contributed by atoms with E-state index in [1.54, 1.807) is 36.3 Å². The van der Waals surface area contributed by atoms with E-state index in [2.05, 4.69) is 13.8 Å². The maximum atomic E-state index is 13.4. The topological polar surface area (TPSA) is 69.0 Å². The van der Waals surface area contributed by atoms with Gasteiger partial charge in [-0.3, -0.25) is 9.59 Å². The molecule has 1 amide bonds. The molecule has 0 saturated heterocycles. The lowest BCUT2D eigenvalue weighted by atomic mass is 9.98. The summed E-state index contributed by atoms with van der Waals surface area (Å²) in [4.78, 5) is 28.4. The molecular weight excluding hydrogens is 406 g/mol. The molecule has 1 aliphatic heterocycles. The smallest absolute Gasteiger partial charge is 0.290 e. The number of amides is 1. The van der Waals surface area contributed by atoms with Crippen LogP contribution in [0.25, 0.3) is 11.0 Å². The number of nitrogens with zero attached hydrogens (tertiary/aromatic N) is 1. The third kappa shape index (κ3) is 3.85. The fraction of sp³-hybridized carbons (Fsp3) is 0.385. The van der Waals surface area contributed by atoms with E-state index < -0.39 is 6.04 Å². The molecule has 4 rings (SSSR count). The van der Waals surface area contributed by atoms with E-state index in [-0.39, 0.29) is 17.1 Å². The Morgan fingerprint density at radius 2 is 1.88 bits per heavy atom. The molecule has 32 heavy (non-hydrogen) atoms. The van der Waals surface area contributed by atoms with Gasteiger partial charge in [-0.05, 0) is 48.6 Å². The van der Waals surface area contributed by atoms with Crippen molar-refractivity contribution in [1.29, 1.82) is 0 Å². The molecule has 6 nitrogen and oxygen atoms in total. The first-order valence-corrected chi connectivity index (χ1v) is 11.1. The molecule has 0 fully saturated rings. The van der Waals surface area contributed by atoms with E-state index in [4.69, 9.17) is 13.9 Å². The van der Waals surface area contributed by atoms with Crippen molar-refractivity contribution in [3.63, 3.8) is 0 Å². The molecule has 0 bridgehead atoms. The molecule has 0 aliphatic carbocycles. The average Bonchev–Trinajstić information content (AvgIpc) is 3.06. The highest BCUT2D eigenvalue weighted by atomic mass is 16.5. The summed E-state index contributed by atoms with van der Waals surface area (Å²) in [6.45, 7) is 7.41. The Balaban J connectivity index is 1.81. The van der Waals surface area contributed by atoms with Gasteiger partial charge in [-0.15, -0.1) is 0 Å². The summed E-state index contributed by atoms with van der Waals surface area (Å²) in [6.07, 6.45) is 1.70. The monoisotopic (exact) mass is 435 g/mol. The Labute approximate surface area is 187 Å². The molecule has 2 heterocycles. The van der Waals surface area contributed by atoms with E-state index in [1.807, 2.05) is 25.1 Å². The molecule has 0 N–H and O–H groups in total. The molecule has 0 spiro atoms. The summed E-state index contributed by atoms with van der Waals surface area (Å²) in [5.41, 5.74) is 1.43. The van der Waals surface area contributed by atoms with E-state index >= 15 is 0 Å². The van der Waals surface area contributed by atoms with E-state index in [9.17, 15) is 9.59 Å². The van der Waals surface area contributed by atoms with Gasteiger partial charge in [0.05, 0.1) is 30.7 Å². The summed E-state index contributed by atoms with van der Waals surface area (Å²) in [5.74, 6) is 1.63. The van der Waals surface area contributed by atoms with Crippen LogP contribution in [0.15, 0.2) is 51.7 Å². The summed E-state index contributed by atoms with van der Waals surface area (Å²) in [7, 11) is 1.59. The number of methoxy groups -OCH3 is 1. The van der Waals surface area contributed by atoms with Gasteiger partial charge in [-0.25, -0.2) is 0 Å². The third-order valence-corrected chi connectivity index (χ3v) is 5.79. The molecule has 168 valence electrons. The lowest BCUT2D eigenvalue weighted by molar-refractivity contribution is 0.0728. The number of benzene rings is 2. The van der Waals surface area contributed by atoms with Crippen molar-refractivity contribution >= 4 is 16.9 Å². The molecule has 0 unspecified atom stereocenters. The van der Waals surface area contributed by atoms with Gasteiger partial charge in [0.25, 0.3) is 5.91 Å². The average molecular weight is 436 g/mol. The number of fused-ring (bicyclic) bond motifs is 2. The Kier molecular flexibility index (Phi) is 6.21. The maximum Gasteiger partial charge on any atom is 0.290 e. The van der Waals surface area contributed by atoms with Crippen molar-refractivity contribution in [3.05, 3.63) is 69.6 Å². The fourth-order valence-corrected chi connectivity index (χ4v) is 4.16. The van der Waals surface area contributed by atoms with Gasteiger partial charge in [0, 0.05) is 6.54 Å². The van der Waals surface area contributed by atoms with Crippen LogP contribution in [-0.4, -0.2) is 31.1 Å². The molecule has 1 aliphatic rings. The minimum atomic E-state index is -0.531. The molecule has 0 radical (unpaired) electrons. The minimum Gasteiger partial charge on any atom is -0.493 e. The predicted octanol–water partition coefficient (Wildman–Crippen LogP) is 5.18. The first-order chi connectivity index (χ1) is 15.5. The largest absolute Gasteiger partial charge is 0.493 e. The predicted molar refractivity (Wildman–Crippen MR) is 124 cm³/mol. The SMILES string of the molecule is CCCN1C(=O)c2oc3ccccc3c(=O)c2[C@H]1c1ccc(OCCC(C)C)c(OC)c1. The van der Waals surface area contributed by atoms with Crippen LogP contribution in [-0.2, 0) is 0 Å². The highest BCUT2D eigenvalue weighted by molar-refractivity contribution is 5.99. The van der Waals surface area contributed by atoms with Gasteiger partial charge in [-0.1, -0.05) is 39.0 Å². The zero-order valence-electron chi connectivity index (χ0n) is 19.0. The molecule has 0 saturated carbocycles. The number of ether oxygens (including phenoxy) is 2. The number of carbonyl (C=O) groups is 1. The van der Waals surface area contributed by atoms with Crippen LogP contribution in [0, 0.1) is 5.92 Å². The number of para-hydroxylation sites is 1. The van der Waals surface area contributed by atoms with E-state index in [0.717, 1.165) is 18.4 Å². The van der Waals surface area contributed by atoms with Gasteiger partial charge >= 0.3 is 0 Å².